The van der Waals surface area contributed by atoms with Crippen LogP contribution in [0.15, 0.2) is 108 Å². The summed E-state index contributed by atoms with van der Waals surface area (Å²) in [6.45, 7) is 3.73. The predicted octanol–water partition coefficient (Wildman–Crippen LogP) is 6.52. The molecule has 1 atom stereocenters. The fraction of sp³-hybridized carbons (Fsp3) is 0.194. The van der Waals surface area contributed by atoms with Gasteiger partial charge in [0.2, 0.25) is 5.91 Å². The number of amides is 1. The summed E-state index contributed by atoms with van der Waals surface area (Å²) < 4.78 is 13.3. The lowest BCUT2D eigenvalue weighted by Crippen LogP contribution is -2.24. The Balaban J connectivity index is 1.50. The van der Waals surface area contributed by atoms with Crippen molar-refractivity contribution in [3.63, 3.8) is 0 Å². The molecule has 0 saturated carbocycles. The molecular formula is C31H30N2O3. The SMILES string of the molecule is CCOc1ccc([C@H](CC(=O)NCc2ccco2)c2cn(Cc3ccccc3)c3ccccc23)cc1. The van der Waals surface area contributed by atoms with Crippen LogP contribution in [0.2, 0.25) is 0 Å². The molecule has 0 saturated heterocycles. The minimum atomic E-state index is -0.112. The molecule has 5 nitrogen and oxygen atoms in total. The number of nitrogens with one attached hydrogen (secondary N) is 1. The van der Waals surface area contributed by atoms with E-state index in [0.717, 1.165) is 40.1 Å². The van der Waals surface area contributed by atoms with Crippen LogP contribution >= 0.6 is 0 Å². The summed E-state index contributed by atoms with van der Waals surface area (Å²) >= 11 is 0. The molecule has 5 rings (SSSR count). The maximum Gasteiger partial charge on any atom is 0.221 e. The quantitative estimate of drug-likeness (QED) is 0.249. The highest BCUT2D eigenvalue weighted by molar-refractivity contribution is 5.86. The maximum atomic E-state index is 13.1. The van der Waals surface area contributed by atoms with Gasteiger partial charge in [0.05, 0.1) is 19.4 Å². The van der Waals surface area contributed by atoms with Crippen LogP contribution in [0.5, 0.6) is 5.75 Å². The first-order valence-corrected chi connectivity index (χ1v) is 12.3. The Morgan fingerprint density at radius 1 is 0.944 bits per heavy atom. The fourth-order valence-electron chi connectivity index (χ4n) is 4.69. The smallest absolute Gasteiger partial charge is 0.221 e. The average molecular weight is 479 g/mol. The number of ether oxygens (including phenoxy) is 1. The molecule has 1 N–H and O–H groups in total. The standard InChI is InChI=1S/C31H30N2O3/c1-2-35-25-16-14-24(15-17-25)28(19-31(34)32-20-26-11-8-18-36-26)29-22-33(21-23-9-4-3-5-10-23)30-13-7-6-12-27(29)30/h3-18,22,28H,2,19-21H2,1H3,(H,32,34)/t28-/m0/s1. The summed E-state index contributed by atoms with van der Waals surface area (Å²) in [5.41, 5.74) is 4.61. The van der Waals surface area contributed by atoms with Crippen LogP contribution in [0.1, 0.15) is 41.7 Å². The third kappa shape index (κ3) is 5.36. The number of benzene rings is 3. The molecule has 1 amide bonds. The first-order chi connectivity index (χ1) is 17.7. The van der Waals surface area contributed by atoms with E-state index in [1.165, 1.54) is 5.56 Å². The number of nitrogens with zero attached hydrogens (tertiary/aromatic N) is 1. The van der Waals surface area contributed by atoms with E-state index < -0.39 is 0 Å². The number of carbonyl (C=O) groups excluding carboxylic acids is 1. The van der Waals surface area contributed by atoms with Crippen LogP contribution in [-0.2, 0) is 17.9 Å². The Morgan fingerprint density at radius 3 is 2.47 bits per heavy atom. The predicted molar refractivity (Wildman–Crippen MR) is 142 cm³/mol. The summed E-state index contributed by atoms with van der Waals surface area (Å²) in [6.07, 6.45) is 4.15. The van der Waals surface area contributed by atoms with Gasteiger partial charge < -0.3 is 19.0 Å². The van der Waals surface area contributed by atoms with Gasteiger partial charge in [0.1, 0.15) is 11.5 Å². The van der Waals surface area contributed by atoms with Crippen LogP contribution in [0.25, 0.3) is 10.9 Å². The number of aromatic nitrogens is 1. The van der Waals surface area contributed by atoms with Gasteiger partial charge in [0, 0.05) is 36.0 Å². The monoisotopic (exact) mass is 478 g/mol. The summed E-state index contributed by atoms with van der Waals surface area (Å²) in [4.78, 5) is 13.1. The molecule has 5 heteroatoms. The molecule has 0 aliphatic rings. The molecule has 3 aromatic carbocycles. The molecule has 0 aliphatic carbocycles. The lowest BCUT2D eigenvalue weighted by Gasteiger charge is -2.18. The van der Waals surface area contributed by atoms with Gasteiger partial charge in [0.25, 0.3) is 0 Å². The molecule has 36 heavy (non-hydrogen) atoms. The van der Waals surface area contributed by atoms with Gasteiger partial charge in [-0.15, -0.1) is 0 Å². The summed E-state index contributed by atoms with van der Waals surface area (Å²) in [5, 5.41) is 4.18. The van der Waals surface area contributed by atoms with Crippen LogP contribution in [0.3, 0.4) is 0 Å². The van der Waals surface area contributed by atoms with Crippen molar-refractivity contribution in [3.8, 4) is 5.75 Å². The lowest BCUT2D eigenvalue weighted by atomic mass is 9.88. The number of furan rings is 1. The molecule has 0 spiro atoms. The van der Waals surface area contributed by atoms with E-state index in [1.807, 2.05) is 37.3 Å². The Hall–Kier alpha value is -4.25. The summed E-state index contributed by atoms with van der Waals surface area (Å²) in [7, 11) is 0. The van der Waals surface area contributed by atoms with E-state index in [4.69, 9.17) is 9.15 Å². The van der Waals surface area contributed by atoms with Gasteiger partial charge in [0.15, 0.2) is 0 Å². The third-order valence-electron chi connectivity index (χ3n) is 6.41. The highest BCUT2D eigenvalue weighted by atomic mass is 16.5. The Labute approximate surface area is 211 Å². The van der Waals surface area contributed by atoms with E-state index in [0.29, 0.717) is 19.6 Å². The molecule has 0 unspecified atom stereocenters. The first kappa shape index (κ1) is 23.5. The second kappa shape index (κ2) is 11.0. The fourth-order valence-corrected chi connectivity index (χ4v) is 4.69. The van der Waals surface area contributed by atoms with Crippen molar-refractivity contribution >= 4 is 16.8 Å². The van der Waals surface area contributed by atoms with Crippen LogP contribution in [0.4, 0.5) is 0 Å². The first-order valence-electron chi connectivity index (χ1n) is 12.3. The highest BCUT2D eigenvalue weighted by Gasteiger charge is 2.23. The maximum absolute atomic E-state index is 13.1. The number of hydrogen-bond acceptors (Lipinski definition) is 3. The zero-order valence-corrected chi connectivity index (χ0v) is 20.4. The van der Waals surface area contributed by atoms with Crippen molar-refractivity contribution < 1.29 is 13.9 Å². The van der Waals surface area contributed by atoms with Crippen molar-refractivity contribution in [1.82, 2.24) is 9.88 Å². The number of carbonyl (C=O) groups is 1. The largest absolute Gasteiger partial charge is 0.494 e. The van der Waals surface area contributed by atoms with Crippen molar-refractivity contribution in [1.29, 1.82) is 0 Å². The molecule has 0 aliphatic heterocycles. The minimum Gasteiger partial charge on any atom is -0.494 e. The van der Waals surface area contributed by atoms with Crippen LogP contribution in [-0.4, -0.2) is 17.1 Å². The normalized spacial score (nSPS) is 11.9. The Morgan fingerprint density at radius 2 is 1.72 bits per heavy atom. The van der Waals surface area contributed by atoms with Crippen LogP contribution in [0, 0.1) is 0 Å². The number of para-hydroxylation sites is 1. The van der Waals surface area contributed by atoms with Gasteiger partial charge in [-0.25, -0.2) is 0 Å². The highest BCUT2D eigenvalue weighted by Crippen LogP contribution is 2.36. The Kier molecular flexibility index (Phi) is 7.17. The van der Waals surface area contributed by atoms with E-state index in [9.17, 15) is 4.79 Å². The molecule has 2 heterocycles. The number of fused-ring (bicyclic) bond motifs is 1. The zero-order valence-electron chi connectivity index (χ0n) is 20.4. The summed E-state index contributed by atoms with van der Waals surface area (Å²) in [5.74, 6) is 1.43. The molecule has 0 bridgehead atoms. The molecule has 5 aromatic rings. The topological polar surface area (TPSA) is 56.4 Å². The molecule has 182 valence electrons. The van der Waals surface area contributed by atoms with Crippen molar-refractivity contribution in [2.75, 3.05) is 6.61 Å². The second-order valence-corrected chi connectivity index (χ2v) is 8.83. The van der Waals surface area contributed by atoms with E-state index in [2.05, 4.69) is 76.7 Å². The van der Waals surface area contributed by atoms with Gasteiger partial charge in [-0.3, -0.25) is 4.79 Å². The Bertz CT molecular complexity index is 1400. The van der Waals surface area contributed by atoms with Crippen molar-refractivity contribution in [2.24, 2.45) is 0 Å². The molecular weight excluding hydrogens is 448 g/mol. The lowest BCUT2D eigenvalue weighted by molar-refractivity contribution is -0.121. The van der Waals surface area contributed by atoms with E-state index >= 15 is 0 Å². The van der Waals surface area contributed by atoms with Gasteiger partial charge in [-0.05, 0) is 53.9 Å². The third-order valence-corrected chi connectivity index (χ3v) is 6.41. The molecule has 0 fully saturated rings. The number of hydrogen-bond donors (Lipinski definition) is 1. The van der Waals surface area contributed by atoms with Gasteiger partial charge in [-0.1, -0.05) is 60.7 Å². The van der Waals surface area contributed by atoms with E-state index in [-0.39, 0.29) is 11.8 Å². The zero-order chi connectivity index (χ0) is 24.7. The molecule has 2 aromatic heterocycles. The van der Waals surface area contributed by atoms with Crippen molar-refractivity contribution in [3.05, 3.63) is 126 Å². The minimum absolute atomic E-state index is 0.0230. The van der Waals surface area contributed by atoms with Crippen molar-refractivity contribution in [2.45, 2.75) is 32.4 Å². The number of rotatable bonds is 10. The van der Waals surface area contributed by atoms with Gasteiger partial charge in [-0.2, -0.15) is 0 Å². The van der Waals surface area contributed by atoms with Gasteiger partial charge >= 0.3 is 0 Å². The second-order valence-electron chi connectivity index (χ2n) is 8.83. The molecule has 0 radical (unpaired) electrons. The van der Waals surface area contributed by atoms with E-state index in [1.54, 1.807) is 6.26 Å². The van der Waals surface area contributed by atoms with Crippen LogP contribution < -0.4 is 10.1 Å². The average Bonchev–Trinajstić information content (AvgIpc) is 3.56. The summed E-state index contributed by atoms with van der Waals surface area (Å²) in [6, 6.07) is 30.6.